The summed E-state index contributed by atoms with van der Waals surface area (Å²) in [5.41, 5.74) is 8.79. The van der Waals surface area contributed by atoms with E-state index in [-0.39, 0.29) is 12.6 Å². The number of aliphatic hydroxyl groups excluding tert-OH is 1. The summed E-state index contributed by atoms with van der Waals surface area (Å²) in [5, 5.41) is 8.84. The van der Waals surface area contributed by atoms with Gasteiger partial charge < -0.3 is 10.8 Å². The minimum absolute atomic E-state index is 0.0575. The molecule has 1 saturated carbocycles. The number of nitrogens with zero attached hydrogens (tertiary/aromatic N) is 1. The van der Waals surface area contributed by atoms with Gasteiger partial charge in [0.05, 0.1) is 17.8 Å². The van der Waals surface area contributed by atoms with Crippen molar-refractivity contribution < 1.29 is 5.11 Å². The van der Waals surface area contributed by atoms with E-state index in [1.807, 2.05) is 5.51 Å². The van der Waals surface area contributed by atoms with Gasteiger partial charge in [-0.15, -0.1) is 11.3 Å². The molecule has 2 rings (SSSR count). The quantitative estimate of drug-likeness (QED) is 0.755. The van der Waals surface area contributed by atoms with Crippen molar-refractivity contribution in [3.05, 3.63) is 16.1 Å². The molecule has 3 nitrogen and oxygen atoms in total. The molecule has 0 bridgehead atoms. The van der Waals surface area contributed by atoms with E-state index < -0.39 is 0 Å². The molecule has 1 aromatic heterocycles. The molecule has 1 aromatic rings. The van der Waals surface area contributed by atoms with E-state index in [4.69, 9.17) is 10.8 Å². The van der Waals surface area contributed by atoms with Crippen LogP contribution in [0.5, 0.6) is 0 Å². The zero-order valence-corrected chi connectivity index (χ0v) is 8.26. The summed E-state index contributed by atoms with van der Waals surface area (Å²) >= 11 is 1.66. The van der Waals surface area contributed by atoms with E-state index in [1.165, 1.54) is 23.4 Å². The first kappa shape index (κ1) is 9.12. The largest absolute Gasteiger partial charge is 0.395 e. The molecule has 4 heteroatoms. The molecule has 1 aliphatic rings. The third kappa shape index (κ3) is 2.07. The molecule has 0 aliphatic heterocycles. The summed E-state index contributed by atoms with van der Waals surface area (Å²) in [5.74, 6) is 0.687. The van der Waals surface area contributed by atoms with Gasteiger partial charge in [0.1, 0.15) is 0 Å². The van der Waals surface area contributed by atoms with E-state index >= 15 is 0 Å². The Balaban J connectivity index is 2.05. The average Bonchev–Trinajstić information content (AvgIpc) is 2.88. The zero-order chi connectivity index (χ0) is 9.26. The van der Waals surface area contributed by atoms with Crippen molar-refractivity contribution in [2.24, 2.45) is 5.73 Å². The predicted molar refractivity (Wildman–Crippen MR) is 52.9 cm³/mol. The summed E-state index contributed by atoms with van der Waals surface area (Å²) in [6.07, 6.45) is 3.31. The van der Waals surface area contributed by atoms with E-state index in [1.54, 1.807) is 11.3 Å². The lowest BCUT2D eigenvalue weighted by Crippen LogP contribution is -2.26. The molecule has 1 fully saturated rings. The van der Waals surface area contributed by atoms with Crippen LogP contribution in [0.15, 0.2) is 5.51 Å². The van der Waals surface area contributed by atoms with Crippen LogP contribution in [0.25, 0.3) is 0 Å². The van der Waals surface area contributed by atoms with E-state index in [9.17, 15) is 0 Å². The minimum Gasteiger partial charge on any atom is -0.395 e. The van der Waals surface area contributed by atoms with Gasteiger partial charge in [0.2, 0.25) is 0 Å². The Hall–Kier alpha value is -0.450. The van der Waals surface area contributed by atoms with Gasteiger partial charge in [0.15, 0.2) is 0 Å². The minimum atomic E-state index is -0.127. The lowest BCUT2D eigenvalue weighted by Gasteiger charge is -2.06. The van der Waals surface area contributed by atoms with Crippen LogP contribution >= 0.6 is 11.3 Å². The van der Waals surface area contributed by atoms with Crippen LogP contribution < -0.4 is 5.73 Å². The number of nitrogens with two attached hydrogens (primary N) is 1. The van der Waals surface area contributed by atoms with Crippen molar-refractivity contribution in [2.75, 3.05) is 6.61 Å². The molecule has 0 radical (unpaired) electrons. The van der Waals surface area contributed by atoms with Crippen LogP contribution in [0.3, 0.4) is 0 Å². The van der Waals surface area contributed by atoms with Gasteiger partial charge in [-0.25, -0.2) is 4.98 Å². The molecular formula is C9H14N2OS. The van der Waals surface area contributed by atoms with Gasteiger partial charge in [-0.2, -0.15) is 0 Å². The third-order valence-electron chi connectivity index (χ3n) is 2.32. The predicted octanol–water partition coefficient (Wildman–Crippen LogP) is 0.883. The lowest BCUT2D eigenvalue weighted by molar-refractivity contribution is 0.265. The Labute approximate surface area is 81.6 Å². The SMILES string of the molecule is NC(CO)Cc1scnc1C1CC1. The van der Waals surface area contributed by atoms with Gasteiger partial charge >= 0.3 is 0 Å². The standard InChI is InChI=1S/C9H14N2OS/c10-7(4-12)3-8-9(6-1-2-6)11-5-13-8/h5-7,12H,1-4,10H2. The van der Waals surface area contributed by atoms with Crippen molar-refractivity contribution >= 4 is 11.3 Å². The van der Waals surface area contributed by atoms with Crippen molar-refractivity contribution in [3.8, 4) is 0 Å². The number of aliphatic hydroxyl groups is 1. The number of thiazole rings is 1. The topological polar surface area (TPSA) is 59.1 Å². The summed E-state index contributed by atoms with van der Waals surface area (Å²) in [4.78, 5) is 5.61. The molecule has 0 spiro atoms. The molecule has 1 aliphatic carbocycles. The van der Waals surface area contributed by atoms with Crippen LogP contribution in [0.1, 0.15) is 29.3 Å². The molecule has 1 unspecified atom stereocenters. The number of rotatable bonds is 4. The van der Waals surface area contributed by atoms with Crippen LogP contribution in [-0.4, -0.2) is 22.7 Å². The normalized spacial score (nSPS) is 18.9. The smallest absolute Gasteiger partial charge is 0.0797 e. The molecular weight excluding hydrogens is 184 g/mol. The van der Waals surface area contributed by atoms with Gasteiger partial charge in [0, 0.05) is 23.3 Å². The number of hydrogen-bond acceptors (Lipinski definition) is 4. The summed E-state index contributed by atoms with van der Waals surface area (Å²) in [6, 6.07) is -0.127. The van der Waals surface area contributed by atoms with Crippen LogP contribution in [-0.2, 0) is 6.42 Å². The molecule has 0 aromatic carbocycles. The number of aromatic nitrogens is 1. The van der Waals surface area contributed by atoms with E-state index in [2.05, 4.69) is 4.98 Å². The fraction of sp³-hybridized carbons (Fsp3) is 0.667. The van der Waals surface area contributed by atoms with Crippen molar-refractivity contribution in [3.63, 3.8) is 0 Å². The molecule has 0 amide bonds. The fourth-order valence-electron chi connectivity index (χ4n) is 1.42. The van der Waals surface area contributed by atoms with Crippen molar-refractivity contribution in [2.45, 2.75) is 31.2 Å². The zero-order valence-electron chi connectivity index (χ0n) is 7.44. The Morgan fingerprint density at radius 3 is 3.08 bits per heavy atom. The first-order chi connectivity index (χ1) is 6.31. The monoisotopic (exact) mass is 198 g/mol. The molecule has 0 saturated heterocycles. The Morgan fingerprint density at radius 2 is 2.46 bits per heavy atom. The van der Waals surface area contributed by atoms with Crippen molar-refractivity contribution in [1.82, 2.24) is 4.98 Å². The van der Waals surface area contributed by atoms with Crippen LogP contribution in [0, 0.1) is 0 Å². The highest BCUT2D eigenvalue weighted by Crippen LogP contribution is 2.41. The highest BCUT2D eigenvalue weighted by Gasteiger charge is 2.28. The maximum absolute atomic E-state index is 8.84. The van der Waals surface area contributed by atoms with Gasteiger partial charge in [-0.1, -0.05) is 0 Å². The second kappa shape index (κ2) is 3.74. The molecule has 72 valence electrons. The maximum Gasteiger partial charge on any atom is 0.0797 e. The fourth-order valence-corrected chi connectivity index (χ4v) is 2.37. The van der Waals surface area contributed by atoms with E-state index in [0.29, 0.717) is 5.92 Å². The lowest BCUT2D eigenvalue weighted by atomic mass is 10.1. The van der Waals surface area contributed by atoms with Gasteiger partial charge in [0.25, 0.3) is 0 Å². The molecule has 13 heavy (non-hydrogen) atoms. The highest BCUT2D eigenvalue weighted by molar-refractivity contribution is 7.09. The first-order valence-electron chi connectivity index (χ1n) is 4.60. The summed E-state index contributed by atoms with van der Waals surface area (Å²) in [7, 11) is 0. The molecule has 1 atom stereocenters. The Kier molecular flexibility index (Phi) is 2.62. The molecule has 1 heterocycles. The highest BCUT2D eigenvalue weighted by atomic mass is 32.1. The Morgan fingerprint density at radius 1 is 1.69 bits per heavy atom. The van der Waals surface area contributed by atoms with Crippen molar-refractivity contribution in [1.29, 1.82) is 0 Å². The summed E-state index contributed by atoms with van der Waals surface area (Å²) < 4.78 is 0. The van der Waals surface area contributed by atoms with Gasteiger partial charge in [-0.05, 0) is 12.8 Å². The third-order valence-corrected chi connectivity index (χ3v) is 3.19. The maximum atomic E-state index is 8.84. The van der Waals surface area contributed by atoms with E-state index in [0.717, 1.165) is 6.42 Å². The van der Waals surface area contributed by atoms with Crippen LogP contribution in [0.2, 0.25) is 0 Å². The second-order valence-corrected chi connectivity index (χ2v) is 4.52. The number of hydrogen-bond donors (Lipinski definition) is 2. The first-order valence-corrected chi connectivity index (χ1v) is 5.48. The average molecular weight is 198 g/mol. The van der Waals surface area contributed by atoms with Crippen LogP contribution in [0.4, 0.5) is 0 Å². The second-order valence-electron chi connectivity index (χ2n) is 3.58. The molecule has 3 N–H and O–H groups in total. The Bertz CT molecular complexity index is 283. The summed E-state index contributed by atoms with van der Waals surface area (Å²) in [6.45, 7) is 0.0575. The van der Waals surface area contributed by atoms with Gasteiger partial charge in [-0.3, -0.25) is 0 Å².